The molecule has 1 saturated heterocycles. The van der Waals surface area contributed by atoms with Gasteiger partial charge in [0, 0.05) is 13.2 Å². The molecule has 0 radical (unpaired) electrons. The van der Waals surface area contributed by atoms with Gasteiger partial charge in [-0.1, -0.05) is 6.07 Å². The van der Waals surface area contributed by atoms with Crippen LogP contribution in [0.4, 0.5) is 4.79 Å². The number of nitrogens with zero attached hydrogens (tertiary/aromatic N) is 3. The van der Waals surface area contributed by atoms with Crippen molar-refractivity contribution in [2.45, 2.75) is 25.0 Å². The Morgan fingerprint density at radius 1 is 1.42 bits per heavy atom. The molecule has 2 N–H and O–H groups in total. The van der Waals surface area contributed by atoms with Crippen molar-refractivity contribution in [3.63, 3.8) is 0 Å². The highest BCUT2D eigenvalue weighted by atomic mass is 16.3. The normalized spacial score (nSPS) is 24.8. The SMILES string of the molecule is CN1CC(=O)N(CC(=O)N[C@H](c2ccccn2)C2CC(O)C2)C1=O. The summed E-state index contributed by atoms with van der Waals surface area (Å²) in [7, 11) is 1.52. The largest absolute Gasteiger partial charge is 0.393 e. The van der Waals surface area contributed by atoms with E-state index in [1.54, 1.807) is 12.3 Å². The zero-order valence-electron chi connectivity index (χ0n) is 13.4. The van der Waals surface area contributed by atoms with Gasteiger partial charge in [-0.3, -0.25) is 19.5 Å². The number of rotatable bonds is 5. The number of pyridine rings is 1. The Labute approximate surface area is 139 Å². The summed E-state index contributed by atoms with van der Waals surface area (Å²) < 4.78 is 0. The van der Waals surface area contributed by atoms with Crippen molar-refractivity contribution in [2.24, 2.45) is 5.92 Å². The van der Waals surface area contributed by atoms with Gasteiger partial charge >= 0.3 is 6.03 Å². The molecular weight excluding hydrogens is 312 g/mol. The number of imide groups is 1. The van der Waals surface area contributed by atoms with Crippen molar-refractivity contribution in [1.82, 2.24) is 20.1 Å². The lowest BCUT2D eigenvalue weighted by Crippen LogP contribution is -2.46. The quantitative estimate of drug-likeness (QED) is 0.733. The van der Waals surface area contributed by atoms with Gasteiger partial charge in [0.15, 0.2) is 0 Å². The summed E-state index contributed by atoms with van der Waals surface area (Å²) in [5.41, 5.74) is 0.707. The second kappa shape index (κ2) is 6.56. The molecule has 0 spiro atoms. The third kappa shape index (κ3) is 3.23. The van der Waals surface area contributed by atoms with Crippen LogP contribution in [0.3, 0.4) is 0 Å². The first kappa shape index (κ1) is 16.4. The fourth-order valence-electron chi connectivity index (χ4n) is 3.08. The summed E-state index contributed by atoms with van der Waals surface area (Å²) in [6, 6.07) is 4.63. The van der Waals surface area contributed by atoms with Gasteiger partial charge in [0.05, 0.1) is 17.8 Å². The average Bonchev–Trinajstić information content (AvgIpc) is 2.77. The summed E-state index contributed by atoms with van der Waals surface area (Å²) in [6.07, 6.45) is 2.47. The molecule has 128 valence electrons. The zero-order chi connectivity index (χ0) is 17.3. The van der Waals surface area contributed by atoms with E-state index in [0.29, 0.717) is 18.5 Å². The molecule has 4 amide bonds. The number of hydrogen-bond donors (Lipinski definition) is 2. The molecule has 1 aromatic heterocycles. The van der Waals surface area contributed by atoms with E-state index in [0.717, 1.165) is 4.90 Å². The number of amides is 4. The van der Waals surface area contributed by atoms with E-state index >= 15 is 0 Å². The number of aliphatic hydroxyl groups excluding tert-OH is 1. The Balaban J connectivity index is 1.67. The molecule has 1 aliphatic carbocycles. The average molecular weight is 332 g/mol. The van der Waals surface area contributed by atoms with Crippen LogP contribution in [-0.4, -0.2) is 64.0 Å². The van der Waals surface area contributed by atoms with Crippen LogP contribution < -0.4 is 5.32 Å². The number of likely N-dealkylation sites (N-methyl/N-ethyl adjacent to an activating group) is 1. The van der Waals surface area contributed by atoms with Crippen molar-refractivity contribution in [3.05, 3.63) is 30.1 Å². The summed E-state index contributed by atoms with van der Waals surface area (Å²) in [5, 5.41) is 12.4. The smallest absolute Gasteiger partial charge is 0.327 e. The van der Waals surface area contributed by atoms with Crippen molar-refractivity contribution in [3.8, 4) is 0 Å². The lowest BCUT2D eigenvalue weighted by Gasteiger charge is -2.37. The van der Waals surface area contributed by atoms with Gasteiger partial charge in [-0.25, -0.2) is 4.79 Å². The molecule has 3 rings (SSSR count). The third-order valence-electron chi connectivity index (χ3n) is 4.48. The lowest BCUT2D eigenvalue weighted by atomic mass is 9.76. The van der Waals surface area contributed by atoms with Crippen LogP contribution in [0.1, 0.15) is 24.6 Å². The Morgan fingerprint density at radius 2 is 2.17 bits per heavy atom. The maximum absolute atomic E-state index is 12.3. The van der Waals surface area contributed by atoms with Crippen LogP contribution >= 0.6 is 0 Å². The van der Waals surface area contributed by atoms with E-state index in [-0.39, 0.29) is 37.1 Å². The van der Waals surface area contributed by atoms with E-state index in [1.807, 2.05) is 12.1 Å². The van der Waals surface area contributed by atoms with Crippen LogP contribution in [0, 0.1) is 5.92 Å². The summed E-state index contributed by atoms with van der Waals surface area (Å²) >= 11 is 0. The molecule has 1 atom stereocenters. The fraction of sp³-hybridized carbons (Fsp3) is 0.500. The summed E-state index contributed by atoms with van der Waals surface area (Å²) in [4.78, 5) is 42.5. The minimum atomic E-state index is -0.469. The molecule has 0 aromatic carbocycles. The lowest BCUT2D eigenvalue weighted by molar-refractivity contribution is -0.131. The van der Waals surface area contributed by atoms with E-state index in [4.69, 9.17) is 0 Å². The standard InChI is InChI=1S/C16H20N4O4/c1-19-9-14(23)20(16(19)24)8-13(22)18-15(10-6-11(21)7-10)12-4-2-3-5-17-12/h2-5,10-11,15,21H,6-9H2,1H3,(H,18,22)/t10?,11?,15-/m0/s1. The van der Waals surface area contributed by atoms with Gasteiger partial charge in [0.1, 0.15) is 13.1 Å². The van der Waals surface area contributed by atoms with Crippen molar-refractivity contribution in [1.29, 1.82) is 0 Å². The molecule has 2 aliphatic rings. The van der Waals surface area contributed by atoms with Crippen LogP contribution in [0.2, 0.25) is 0 Å². The van der Waals surface area contributed by atoms with E-state index in [1.165, 1.54) is 11.9 Å². The molecule has 0 bridgehead atoms. The molecule has 0 unspecified atom stereocenters. The molecule has 2 fully saturated rings. The minimum absolute atomic E-state index is 0.00933. The van der Waals surface area contributed by atoms with Crippen molar-refractivity contribution in [2.75, 3.05) is 20.1 Å². The van der Waals surface area contributed by atoms with E-state index in [9.17, 15) is 19.5 Å². The highest BCUT2D eigenvalue weighted by Gasteiger charge is 2.38. The predicted molar refractivity (Wildman–Crippen MR) is 83.6 cm³/mol. The molecule has 2 heterocycles. The number of nitrogens with one attached hydrogen (secondary N) is 1. The number of aliphatic hydroxyl groups is 1. The van der Waals surface area contributed by atoms with Gasteiger partial charge in [-0.15, -0.1) is 0 Å². The molecule has 24 heavy (non-hydrogen) atoms. The van der Waals surface area contributed by atoms with Crippen LogP contribution in [0.25, 0.3) is 0 Å². The first-order chi connectivity index (χ1) is 11.5. The Bertz CT molecular complexity index is 645. The molecule has 8 nitrogen and oxygen atoms in total. The van der Waals surface area contributed by atoms with Gasteiger partial charge in [0.2, 0.25) is 5.91 Å². The Kier molecular flexibility index (Phi) is 4.48. The van der Waals surface area contributed by atoms with Crippen LogP contribution in [-0.2, 0) is 9.59 Å². The predicted octanol–water partition coefficient (Wildman–Crippen LogP) is -0.0962. The number of aromatic nitrogens is 1. The minimum Gasteiger partial charge on any atom is -0.393 e. The summed E-state index contributed by atoms with van der Waals surface area (Å²) in [6.45, 7) is -0.314. The highest BCUT2D eigenvalue weighted by molar-refractivity contribution is 6.04. The maximum atomic E-state index is 12.3. The van der Waals surface area contributed by atoms with Crippen molar-refractivity contribution >= 4 is 17.8 Å². The van der Waals surface area contributed by atoms with Gasteiger partial charge in [-0.05, 0) is 30.9 Å². The zero-order valence-corrected chi connectivity index (χ0v) is 13.4. The molecular formula is C16H20N4O4. The van der Waals surface area contributed by atoms with Gasteiger partial charge in [0.25, 0.3) is 5.91 Å². The van der Waals surface area contributed by atoms with Gasteiger partial charge in [-0.2, -0.15) is 0 Å². The maximum Gasteiger partial charge on any atom is 0.327 e. The Morgan fingerprint density at radius 3 is 2.71 bits per heavy atom. The van der Waals surface area contributed by atoms with Gasteiger partial charge < -0.3 is 15.3 Å². The summed E-state index contributed by atoms with van der Waals surface area (Å²) in [5.74, 6) is -0.707. The Hall–Kier alpha value is -2.48. The third-order valence-corrected chi connectivity index (χ3v) is 4.48. The number of carbonyl (C=O) groups is 3. The number of hydrogen-bond acceptors (Lipinski definition) is 5. The highest BCUT2D eigenvalue weighted by Crippen LogP contribution is 2.37. The number of urea groups is 1. The monoisotopic (exact) mass is 332 g/mol. The fourth-order valence-corrected chi connectivity index (χ4v) is 3.08. The first-order valence-electron chi connectivity index (χ1n) is 7.89. The second-order valence-corrected chi connectivity index (χ2v) is 6.30. The molecule has 1 aliphatic heterocycles. The first-order valence-corrected chi connectivity index (χ1v) is 7.89. The van der Waals surface area contributed by atoms with Crippen LogP contribution in [0.5, 0.6) is 0 Å². The topological polar surface area (TPSA) is 103 Å². The molecule has 8 heteroatoms. The van der Waals surface area contributed by atoms with E-state index in [2.05, 4.69) is 10.3 Å². The molecule has 1 saturated carbocycles. The van der Waals surface area contributed by atoms with Crippen molar-refractivity contribution < 1.29 is 19.5 Å². The van der Waals surface area contributed by atoms with E-state index < -0.39 is 11.9 Å². The second-order valence-electron chi connectivity index (χ2n) is 6.30. The molecule has 1 aromatic rings. The van der Waals surface area contributed by atoms with Crippen LogP contribution in [0.15, 0.2) is 24.4 Å². The number of carbonyl (C=O) groups excluding carboxylic acids is 3.